The van der Waals surface area contributed by atoms with Crippen LogP contribution >= 0.6 is 11.3 Å². The number of amides is 1. The number of likely N-dealkylation sites (N-methyl/N-ethyl adjacent to an activating group) is 1. The molecule has 1 aromatic heterocycles. The van der Waals surface area contributed by atoms with E-state index in [9.17, 15) is 4.79 Å². The monoisotopic (exact) mass is 470 g/mol. The molecule has 6 heteroatoms. The summed E-state index contributed by atoms with van der Waals surface area (Å²) in [6, 6.07) is 25.8. The van der Waals surface area contributed by atoms with E-state index in [2.05, 4.69) is 53.2 Å². The summed E-state index contributed by atoms with van der Waals surface area (Å²) in [5.74, 6) is 0.109. The predicted octanol–water partition coefficient (Wildman–Crippen LogP) is 6.01. The lowest BCUT2D eigenvalue weighted by Crippen LogP contribution is -2.25. The number of benzene rings is 3. The van der Waals surface area contributed by atoms with Gasteiger partial charge in [-0.05, 0) is 84.0 Å². The molecule has 1 amide bonds. The highest BCUT2D eigenvalue weighted by atomic mass is 32.1. The normalized spacial score (nSPS) is 11.9. The van der Waals surface area contributed by atoms with E-state index in [1.54, 1.807) is 11.3 Å². The number of para-hydroxylation sites is 1. The number of hydrogen-bond acceptors (Lipinski definition) is 5. The van der Waals surface area contributed by atoms with Crippen molar-refractivity contribution in [3.63, 3.8) is 0 Å². The van der Waals surface area contributed by atoms with Crippen LogP contribution in [0.15, 0.2) is 89.6 Å². The summed E-state index contributed by atoms with van der Waals surface area (Å²) in [7, 11) is 4.15. The van der Waals surface area contributed by atoms with Crippen molar-refractivity contribution in [1.82, 2.24) is 4.90 Å². The van der Waals surface area contributed by atoms with E-state index in [-0.39, 0.29) is 11.8 Å². The van der Waals surface area contributed by atoms with Crippen LogP contribution in [0.3, 0.4) is 0 Å². The van der Waals surface area contributed by atoms with Crippen molar-refractivity contribution in [1.29, 1.82) is 0 Å². The third-order valence-corrected chi connectivity index (χ3v) is 6.40. The Kier molecular flexibility index (Phi) is 7.62. The van der Waals surface area contributed by atoms with Gasteiger partial charge in [0.05, 0.1) is 11.4 Å². The molecular weight excluding hydrogens is 440 g/mol. The van der Waals surface area contributed by atoms with Crippen molar-refractivity contribution in [3.05, 3.63) is 101 Å². The highest BCUT2D eigenvalue weighted by molar-refractivity contribution is 7.08. The molecule has 0 aliphatic heterocycles. The standard InChI is InChI=1S/C28H30N4OS/c1-32(2)18-24(17-30-25-6-4-3-5-7-25)20-8-10-21(11-9-20)28(33)31-27-16-22(12-13-26(27)29)23-14-15-34-19-23/h3-16,19,24,30H,17-18,29H2,1-2H3,(H,31,33). The van der Waals surface area contributed by atoms with E-state index in [0.29, 0.717) is 16.9 Å². The second kappa shape index (κ2) is 11.0. The van der Waals surface area contributed by atoms with Gasteiger partial charge in [-0.25, -0.2) is 0 Å². The first-order valence-corrected chi connectivity index (χ1v) is 12.2. The number of carbonyl (C=O) groups excluding carboxylic acids is 1. The first-order valence-electron chi connectivity index (χ1n) is 11.3. The van der Waals surface area contributed by atoms with Crippen molar-refractivity contribution in [3.8, 4) is 11.1 Å². The van der Waals surface area contributed by atoms with Crippen LogP contribution in [0.25, 0.3) is 11.1 Å². The molecule has 1 atom stereocenters. The van der Waals surface area contributed by atoms with Gasteiger partial charge in [-0.2, -0.15) is 11.3 Å². The Morgan fingerprint density at radius 1 is 0.971 bits per heavy atom. The molecule has 0 spiro atoms. The quantitative estimate of drug-likeness (QED) is 0.262. The summed E-state index contributed by atoms with van der Waals surface area (Å²) in [5, 5.41) is 10.6. The van der Waals surface area contributed by atoms with Crippen LogP contribution in [-0.2, 0) is 0 Å². The van der Waals surface area contributed by atoms with Gasteiger partial charge >= 0.3 is 0 Å². The van der Waals surface area contributed by atoms with Crippen LogP contribution < -0.4 is 16.4 Å². The number of nitrogens with two attached hydrogens (primary N) is 1. The number of anilines is 3. The van der Waals surface area contributed by atoms with Gasteiger partial charge in [0, 0.05) is 30.3 Å². The number of nitrogens with zero attached hydrogens (tertiary/aromatic N) is 1. The van der Waals surface area contributed by atoms with Crippen molar-refractivity contribution in [2.24, 2.45) is 0 Å². The minimum atomic E-state index is -0.174. The smallest absolute Gasteiger partial charge is 0.255 e. The second-order valence-corrected chi connectivity index (χ2v) is 9.38. The van der Waals surface area contributed by atoms with E-state index in [1.807, 2.05) is 66.0 Å². The Labute approximate surface area is 205 Å². The topological polar surface area (TPSA) is 70.4 Å². The van der Waals surface area contributed by atoms with Gasteiger partial charge in [0.2, 0.25) is 0 Å². The number of hydrogen-bond donors (Lipinski definition) is 3. The average Bonchev–Trinajstić information content (AvgIpc) is 3.39. The molecule has 4 N–H and O–H groups in total. The summed E-state index contributed by atoms with van der Waals surface area (Å²) >= 11 is 1.64. The zero-order valence-electron chi connectivity index (χ0n) is 19.5. The summed E-state index contributed by atoms with van der Waals surface area (Å²) in [5.41, 5.74) is 12.3. The van der Waals surface area contributed by atoms with Gasteiger partial charge < -0.3 is 21.3 Å². The molecule has 0 saturated heterocycles. The lowest BCUT2D eigenvalue weighted by Gasteiger charge is -2.23. The molecule has 0 saturated carbocycles. The Morgan fingerprint density at radius 3 is 2.41 bits per heavy atom. The lowest BCUT2D eigenvalue weighted by atomic mass is 9.97. The number of carbonyl (C=O) groups is 1. The maximum absolute atomic E-state index is 12.9. The summed E-state index contributed by atoms with van der Waals surface area (Å²) in [6.07, 6.45) is 0. The summed E-state index contributed by atoms with van der Waals surface area (Å²) in [4.78, 5) is 15.1. The zero-order chi connectivity index (χ0) is 23.9. The second-order valence-electron chi connectivity index (χ2n) is 8.60. The van der Waals surface area contributed by atoms with Crippen LogP contribution in [0, 0.1) is 0 Å². The van der Waals surface area contributed by atoms with Gasteiger partial charge in [0.15, 0.2) is 0 Å². The molecule has 1 unspecified atom stereocenters. The highest BCUT2D eigenvalue weighted by Gasteiger charge is 2.15. The third-order valence-electron chi connectivity index (χ3n) is 5.71. The maximum Gasteiger partial charge on any atom is 0.255 e. The highest BCUT2D eigenvalue weighted by Crippen LogP contribution is 2.29. The minimum Gasteiger partial charge on any atom is -0.397 e. The molecule has 0 bridgehead atoms. The van der Waals surface area contributed by atoms with Gasteiger partial charge in [-0.3, -0.25) is 4.79 Å². The summed E-state index contributed by atoms with van der Waals surface area (Å²) < 4.78 is 0. The van der Waals surface area contributed by atoms with E-state index < -0.39 is 0 Å². The van der Waals surface area contributed by atoms with Crippen LogP contribution in [0.5, 0.6) is 0 Å². The average molecular weight is 471 g/mol. The van der Waals surface area contributed by atoms with Crippen LogP contribution in [-0.4, -0.2) is 38.0 Å². The largest absolute Gasteiger partial charge is 0.397 e. The maximum atomic E-state index is 12.9. The molecule has 0 radical (unpaired) electrons. The van der Waals surface area contributed by atoms with Crippen molar-refractivity contribution in [2.75, 3.05) is 43.6 Å². The van der Waals surface area contributed by atoms with Gasteiger partial charge in [-0.15, -0.1) is 0 Å². The molecule has 0 aliphatic rings. The summed E-state index contributed by atoms with van der Waals surface area (Å²) in [6.45, 7) is 1.71. The van der Waals surface area contributed by atoms with E-state index in [0.717, 1.165) is 29.9 Å². The van der Waals surface area contributed by atoms with Crippen molar-refractivity contribution < 1.29 is 4.79 Å². The van der Waals surface area contributed by atoms with Gasteiger partial charge in [0.25, 0.3) is 5.91 Å². The van der Waals surface area contributed by atoms with Gasteiger partial charge in [0.1, 0.15) is 0 Å². The minimum absolute atomic E-state index is 0.174. The van der Waals surface area contributed by atoms with Crippen LogP contribution in [0.4, 0.5) is 17.1 Å². The van der Waals surface area contributed by atoms with E-state index in [4.69, 9.17) is 5.73 Å². The Morgan fingerprint density at radius 2 is 1.74 bits per heavy atom. The molecule has 5 nitrogen and oxygen atoms in total. The first kappa shape index (κ1) is 23.5. The zero-order valence-corrected chi connectivity index (χ0v) is 20.3. The molecule has 0 fully saturated rings. The molecule has 1 heterocycles. The number of nitrogens with one attached hydrogen (secondary N) is 2. The number of rotatable bonds is 9. The first-order chi connectivity index (χ1) is 16.5. The van der Waals surface area contributed by atoms with Crippen molar-refractivity contribution in [2.45, 2.75) is 5.92 Å². The van der Waals surface area contributed by atoms with Gasteiger partial charge in [-0.1, -0.05) is 36.4 Å². The molecule has 4 rings (SSSR count). The van der Waals surface area contributed by atoms with Crippen molar-refractivity contribution >= 4 is 34.3 Å². The van der Waals surface area contributed by atoms with Crippen LogP contribution in [0.2, 0.25) is 0 Å². The SMILES string of the molecule is CN(C)CC(CNc1ccccc1)c1ccc(C(=O)Nc2cc(-c3ccsc3)ccc2N)cc1. The molecule has 3 aromatic carbocycles. The van der Waals surface area contributed by atoms with E-state index in [1.165, 1.54) is 5.56 Å². The Bertz CT molecular complexity index is 1210. The number of thiophene rings is 1. The van der Waals surface area contributed by atoms with Crippen LogP contribution in [0.1, 0.15) is 21.8 Å². The molecular formula is C28H30N4OS. The van der Waals surface area contributed by atoms with E-state index >= 15 is 0 Å². The molecule has 4 aromatic rings. The predicted molar refractivity (Wildman–Crippen MR) is 145 cm³/mol. The fourth-order valence-electron chi connectivity index (χ4n) is 3.90. The Balaban J connectivity index is 1.46. The molecule has 34 heavy (non-hydrogen) atoms. The fraction of sp³-hybridized carbons (Fsp3) is 0.179. The number of nitrogen functional groups attached to an aromatic ring is 1. The lowest BCUT2D eigenvalue weighted by molar-refractivity contribution is 0.102. The molecule has 174 valence electrons. The molecule has 0 aliphatic carbocycles. The third kappa shape index (κ3) is 6.04. The fourth-order valence-corrected chi connectivity index (χ4v) is 4.56. The Hall–Kier alpha value is -3.61.